The Morgan fingerprint density at radius 1 is 0.692 bits per heavy atom. The second-order valence-electron chi connectivity index (χ2n) is 6.45. The molecule has 128 valence electrons. The summed E-state index contributed by atoms with van der Waals surface area (Å²) in [5.41, 5.74) is 5.63. The maximum atomic E-state index is 4.75. The third-order valence-corrected chi connectivity index (χ3v) is 4.49. The molecule has 0 fully saturated rings. The highest BCUT2D eigenvalue weighted by Gasteiger charge is 2.15. The van der Waals surface area contributed by atoms with Gasteiger partial charge in [-0.05, 0) is 24.3 Å². The number of rotatable bonds is 4. The molecule has 0 radical (unpaired) electrons. The molecule has 0 atom stereocenters. The Hall–Kier alpha value is -3.33. The average molecular weight is 339 g/mol. The molecular formula is C23H21N3. The first-order valence-electron chi connectivity index (χ1n) is 8.70. The van der Waals surface area contributed by atoms with Crippen molar-refractivity contribution in [2.24, 2.45) is 0 Å². The smallest absolute Gasteiger partial charge is 0.144 e. The number of hydrogen-bond donors (Lipinski definition) is 0. The Bertz CT molecular complexity index is 985. The lowest BCUT2D eigenvalue weighted by atomic mass is 10.1. The van der Waals surface area contributed by atoms with Crippen LogP contribution in [0.4, 0.5) is 5.69 Å². The summed E-state index contributed by atoms with van der Waals surface area (Å²) in [6, 6.07) is 29.3. The minimum atomic E-state index is 0.948. The number of anilines is 1. The van der Waals surface area contributed by atoms with Gasteiger partial charge < -0.3 is 4.90 Å². The molecule has 0 spiro atoms. The molecule has 4 aromatic rings. The molecule has 1 heterocycles. The van der Waals surface area contributed by atoms with Crippen LogP contribution in [0.5, 0.6) is 0 Å². The van der Waals surface area contributed by atoms with E-state index in [2.05, 4.69) is 84.2 Å². The van der Waals surface area contributed by atoms with Crippen molar-refractivity contribution in [2.45, 2.75) is 0 Å². The van der Waals surface area contributed by atoms with Gasteiger partial charge in [-0.2, -0.15) is 0 Å². The third kappa shape index (κ3) is 3.00. The zero-order valence-corrected chi connectivity index (χ0v) is 15.0. The largest absolute Gasteiger partial charge is 0.378 e. The van der Waals surface area contributed by atoms with E-state index >= 15 is 0 Å². The van der Waals surface area contributed by atoms with E-state index in [0.29, 0.717) is 0 Å². The summed E-state index contributed by atoms with van der Waals surface area (Å²) in [5.74, 6) is 0.948. The molecule has 0 unspecified atom stereocenters. The molecular weight excluding hydrogens is 318 g/mol. The van der Waals surface area contributed by atoms with Gasteiger partial charge in [0, 0.05) is 36.6 Å². The van der Waals surface area contributed by atoms with Crippen LogP contribution in [0.3, 0.4) is 0 Å². The molecule has 4 rings (SSSR count). The van der Waals surface area contributed by atoms with E-state index in [-0.39, 0.29) is 0 Å². The zero-order valence-electron chi connectivity index (χ0n) is 15.0. The summed E-state index contributed by atoms with van der Waals surface area (Å²) in [5, 5.41) is 0. The van der Waals surface area contributed by atoms with Gasteiger partial charge in [0.1, 0.15) is 5.82 Å². The standard InChI is InChI=1S/C23H21N3/c1-25(2)20-15-13-18(14-16-20)22-17-24-23(19-9-5-3-6-10-19)26(22)21-11-7-4-8-12-21/h3-17H,1-2H3. The molecule has 26 heavy (non-hydrogen) atoms. The molecule has 0 saturated carbocycles. The Kier molecular flexibility index (Phi) is 4.28. The van der Waals surface area contributed by atoms with E-state index in [1.54, 1.807) is 0 Å². The lowest BCUT2D eigenvalue weighted by Gasteiger charge is -2.15. The molecule has 3 heteroatoms. The fourth-order valence-electron chi connectivity index (χ4n) is 3.12. The first-order chi connectivity index (χ1) is 12.7. The first kappa shape index (κ1) is 16.2. The van der Waals surface area contributed by atoms with Crippen LogP contribution in [0, 0.1) is 0 Å². The highest BCUT2D eigenvalue weighted by Crippen LogP contribution is 2.31. The van der Waals surface area contributed by atoms with Crippen LogP contribution >= 0.6 is 0 Å². The summed E-state index contributed by atoms with van der Waals surface area (Å²) in [7, 11) is 4.10. The quantitative estimate of drug-likeness (QED) is 0.505. The van der Waals surface area contributed by atoms with Crippen molar-refractivity contribution < 1.29 is 0 Å². The number of nitrogens with zero attached hydrogens (tertiary/aromatic N) is 3. The SMILES string of the molecule is CN(C)c1ccc(-c2cnc(-c3ccccc3)n2-c2ccccc2)cc1. The fourth-order valence-corrected chi connectivity index (χ4v) is 3.12. The summed E-state index contributed by atoms with van der Waals surface area (Å²) >= 11 is 0. The van der Waals surface area contributed by atoms with Gasteiger partial charge >= 0.3 is 0 Å². The Morgan fingerprint density at radius 2 is 1.31 bits per heavy atom. The molecule has 0 aliphatic heterocycles. The predicted octanol–water partition coefficient (Wildman–Crippen LogP) is 5.27. The minimum Gasteiger partial charge on any atom is -0.378 e. The number of para-hydroxylation sites is 1. The van der Waals surface area contributed by atoms with E-state index < -0.39 is 0 Å². The molecule has 0 N–H and O–H groups in total. The fraction of sp³-hybridized carbons (Fsp3) is 0.0870. The number of benzene rings is 3. The van der Waals surface area contributed by atoms with E-state index in [4.69, 9.17) is 4.98 Å². The second-order valence-corrected chi connectivity index (χ2v) is 6.45. The van der Waals surface area contributed by atoms with Gasteiger partial charge in [0.25, 0.3) is 0 Å². The summed E-state index contributed by atoms with van der Waals surface area (Å²) < 4.78 is 2.22. The third-order valence-electron chi connectivity index (χ3n) is 4.49. The Balaban J connectivity index is 1.89. The number of imidazole rings is 1. The van der Waals surface area contributed by atoms with Crippen molar-refractivity contribution in [3.05, 3.63) is 91.1 Å². The summed E-state index contributed by atoms with van der Waals surface area (Å²) in [6.07, 6.45) is 1.96. The van der Waals surface area contributed by atoms with Crippen LogP contribution in [0.2, 0.25) is 0 Å². The van der Waals surface area contributed by atoms with Gasteiger partial charge in [-0.15, -0.1) is 0 Å². The molecule has 3 aromatic carbocycles. The number of aromatic nitrogens is 2. The van der Waals surface area contributed by atoms with Gasteiger partial charge in [-0.3, -0.25) is 4.57 Å². The van der Waals surface area contributed by atoms with Crippen LogP contribution < -0.4 is 4.90 Å². The average Bonchev–Trinajstić information content (AvgIpc) is 3.14. The monoisotopic (exact) mass is 339 g/mol. The Labute approximate surface area is 154 Å². The highest BCUT2D eigenvalue weighted by molar-refractivity contribution is 5.70. The number of hydrogen-bond acceptors (Lipinski definition) is 2. The van der Waals surface area contributed by atoms with Crippen LogP contribution in [-0.2, 0) is 0 Å². The highest BCUT2D eigenvalue weighted by atomic mass is 15.1. The van der Waals surface area contributed by atoms with Gasteiger partial charge in [-0.1, -0.05) is 60.7 Å². The maximum Gasteiger partial charge on any atom is 0.144 e. The normalized spacial score (nSPS) is 10.7. The molecule has 0 saturated heterocycles. The van der Waals surface area contributed by atoms with Gasteiger partial charge in [-0.25, -0.2) is 4.98 Å². The molecule has 1 aromatic heterocycles. The summed E-state index contributed by atoms with van der Waals surface area (Å²) in [6.45, 7) is 0. The molecule has 3 nitrogen and oxygen atoms in total. The lowest BCUT2D eigenvalue weighted by molar-refractivity contribution is 1.07. The Morgan fingerprint density at radius 3 is 1.92 bits per heavy atom. The second kappa shape index (κ2) is 6.89. The topological polar surface area (TPSA) is 21.1 Å². The maximum absolute atomic E-state index is 4.75. The van der Waals surface area contributed by atoms with Crippen molar-refractivity contribution in [2.75, 3.05) is 19.0 Å². The minimum absolute atomic E-state index is 0.948. The van der Waals surface area contributed by atoms with Crippen molar-refractivity contribution in [1.29, 1.82) is 0 Å². The first-order valence-corrected chi connectivity index (χ1v) is 8.70. The van der Waals surface area contributed by atoms with E-state index in [1.165, 1.54) is 5.69 Å². The lowest BCUT2D eigenvalue weighted by Crippen LogP contribution is -2.08. The van der Waals surface area contributed by atoms with Crippen molar-refractivity contribution in [3.63, 3.8) is 0 Å². The van der Waals surface area contributed by atoms with Crippen molar-refractivity contribution >= 4 is 5.69 Å². The summed E-state index contributed by atoms with van der Waals surface area (Å²) in [4.78, 5) is 6.85. The van der Waals surface area contributed by atoms with Gasteiger partial charge in [0.15, 0.2) is 0 Å². The predicted molar refractivity (Wildman–Crippen MR) is 109 cm³/mol. The van der Waals surface area contributed by atoms with Crippen molar-refractivity contribution in [1.82, 2.24) is 9.55 Å². The molecule has 0 amide bonds. The van der Waals surface area contributed by atoms with Crippen LogP contribution in [0.25, 0.3) is 28.3 Å². The van der Waals surface area contributed by atoms with E-state index in [9.17, 15) is 0 Å². The van der Waals surface area contributed by atoms with E-state index in [1.807, 2.05) is 30.5 Å². The van der Waals surface area contributed by atoms with E-state index in [0.717, 1.165) is 28.3 Å². The van der Waals surface area contributed by atoms with Crippen LogP contribution in [0.1, 0.15) is 0 Å². The van der Waals surface area contributed by atoms with Crippen LogP contribution in [0.15, 0.2) is 91.1 Å². The molecule has 0 aliphatic carbocycles. The van der Waals surface area contributed by atoms with Crippen molar-refractivity contribution in [3.8, 4) is 28.3 Å². The van der Waals surface area contributed by atoms with Crippen LogP contribution in [-0.4, -0.2) is 23.6 Å². The zero-order chi connectivity index (χ0) is 17.9. The molecule has 0 aliphatic rings. The van der Waals surface area contributed by atoms with Gasteiger partial charge in [0.05, 0.1) is 11.9 Å². The van der Waals surface area contributed by atoms with Gasteiger partial charge in [0.2, 0.25) is 0 Å². The molecule has 0 bridgehead atoms.